The van der Waals surface area contributed by atoms with Crippen molar-refractivity contribution in [3.05, 3.63) is 59.7 Å². The highest BCUT2D eigenvalue weighted by Crippen LogP contribution is 2.29. The lowest BCUT2D eigenvalue weighted by molar-refractivity contribution is -0.137. The van der Waals surface area contributed by atoms with Crippen molar-refractivity contribution in [2.45, 2.75) is 25.7 Å². The van der Waals surface area contributed by atoms with Crippen molar-refractivity contribution < 1.29 is 22.7 Å². The average molecular weight is 366 g/mol. The number of amides is 1. The second kappa shape index (κ2) is 8.23. The molecule has 140 valence electrons. The minimum absolute atomic E-state index is 0.291. The van der Waals surface area contributed by atoms with Gasteiger partial charge in [0.05, 0.1) is 18.7 Å². The largest absolute Gasteiger partial charge is 0.497 e. The number of alkyl halides is 3. The maximum absolute atomic E-state index is 12.6. The highest BCUT2D eigenvalue weighted by molar-refractivity contribution is 5.94. The first-order valence-electron chi connectivity index (χ1n) is 8.02. The molecule has 4 nitrogen and oxygen atoms in total. The summed E-state index contributed by atoms with van der Waals surface area (Å²) in [5.74, 6) is 0.463. The number of carbonyl (C=O) groups excluding carboxylic acids is 1. The van der Waals surface area contributed by atoms with Gasteiger partial charge in [0.25, 0.3) is 0 Å². The highest BCUT2D eigenvalue weighted by atomic mass is 19.4. The van der Waals surface area contributed by atoms with E-state index in [0.717, 1.165) is 23.4 Å². The second-order valence-electron chi connectivity index (χ2n) is 6.00. The molecule has 0 aromatic heterocycles. The Kier molecular flexibility index (Phi) is 6.26. The summed E-state index contributed by atoms with van der Waals surface area (Å²) in [6.45, 7) is 2.29. The maximum atomic E-state index is 12.6. The van der Waals surface area contributed by atoms with Gasteiger partial charge in [-0.1, -0.05) is 12.1 Å². The van der Waals surface area contributed by atoms with Gasteiger partial charge in [0.2, 0.25) is 5.91 Å². The predicted octanol–water partition coefficient (Wildman–Crippen LogP) is 4.17. The molecule has 0 aliphatic heterocycles. The van der Waals surface area contributed by atoms with E-state index < -0.39 is 17.8 Å². The van der Waals surface area contributed by atoms with E-state index in [9.17, 15) is 18.0 Å². The Labute approximate surface area is 150 Å². The van der Waals surface area contributed by atoms with Gasteiger partial charge < -0.3 is 10.1 Å². The van der Waals surface area contributed by atoms with Crippen LogP contribution in [0.4, 0.5) is 18.9 Å². The standard InChI is InChI=1S/C19H21F3N2O2/c1-13(24(2)12-14-4-10-17(26-3)11-5-14)18(25)23-16-8-6-15(7-9-16)19(20,21)22/h4-11,13H,12H2,1-3H3,(H,23,25). The van der Waals surface area contributed by atoms with Gasteiger partial charge in [0.15, 0.2) is 0 Å². The lowest BCUT2D eigenvalue weighted by Gasteiger charge is -2.24. The van der Waals surface area contributed by atoms with E-state index in [1.807, 2.05) is 29.2 Å². The number of hydrogen-bond donors (Lipinski definition) is 1. The molecule has 1 amide bonds. The van der Waals surface area contributed by atoms with Crippen LogP contribution in [-0.4, -0.2) is 31.0 Å². The zero-order chi connectivity index (χ0) is 19.3. The first-order chi connectivity index (χ1) is 12.2. The molecule has 0 radical (unpaired) electrons. The summed E-state index contributed by atoms with van der Waals surface area (Å²) < 4.78 is 42.8. The van der Waals surface area contributed by atoms with Crippen LogP contribution in [0, 0.1) is 0 Å². The summed E-state index contributed by atoms with van der Waals surface area (Å²) in [5, 5.41) is 2.64. The van der Waals surface area contributed by atoms with Crippen molar-refractivity contribution >= 4 is 11.6 Å². The fourth-order valence-electron chi connectivity index (χ4n) is 2.35. The van der Waals surface area contributed by atoms with Gasteiger partial charge in [-0.3, -0.25) is 9.69 Å². The first kappa shape index (κ1) is 19.8. The lowest BCUT2D eigenvalue weighted by atomic mass is 10.1. The van der Waals surface area contributed by atoms with E-state index in [4.69, 9.17) is 4.74 Å². The van der Waals surface area contributed by atoms with E-state index in [1.165, 1.54) is 12.1 Å². The van der Waals surface area contributed by atoms with Crippen LogP contribution in [-0.2, 0) is 17.5 Å². The Morgan fingerprint density at radius 2 is 1.69 bits per heavy atom. The topological polar surface area (TPSA) is 41.6 Å². The van der Waals surface area contributed by atoms with Crippen molar-refractivity contribution in [2.24, 2.45) is 0 Å². The Hall–Kier alpha value is -2.54. The van der Waals surface area contributed by atoms with Crippen LogP contribution >= 0.6 is 0 Å². The molecule has 0 heterocycles. The molecule has 2 aromatic rings. The third-order valence-corrected chi connectivity index (χ3v) is 4.11. The fourth-order valence-corrected chi connectivity index (χ4v) is 2.35. The average Bonchev–Trinajstić information content (AvgIpc) is 2.61. The number of likely N-dealkylation sites (N-methyl/N-ethyl adjacent to an activating group) is 1. The second-order valence-corrected chi connectivity index (χ2v) is 6.00. The molecule has 0 aliphatic carbocycles. The Balaban J connectivity index is 1.95. The Bertz CT molecular complexity index is 728. The molecule has 7 heteroatoms. The predicted molar refractivity (Wildman–Crippen MR) is 94.0 cm³/mol. The van der Waals surface area contributed by atoms with Crippen LogP contribution in [0.1, 0.15) is 18.1 Å². The molecule has 0 spiro atoms. The summed E-state index contributed by atoms with van der Waals surface area (Å²) in [6.07, 6.45) is -4.39. The number of nitrogens with zero attached hydrogens (tertiary/aromatic N) is 1. The van der Waals surface area contributed by atoms with Crippen molar-refractivity contribution in [1.82, 2.24) is 4.90 Å². The van der Waals surface area contributed by atoms with E-state index in [0.29, 0.717) is 12.2 Å². The van der Waals surface area contributed by atoms with Crippen LogP contribution in [0.3, 0.4) is 0 Å². The minimum Gasteiger partial charge on any atom is -0.497 e. The number of hydrogen-bond acceptors (Lipinski definition) is 3. The zero-order valence-electron chi connectivity index (χ0n) is 14.8. The summed E-state index contributed by atoms with van der Waals surface area (Å²) in [6, 6.07) is 11.4. The molecule has 0 aliphatic rings. The number of methoxy groups -OCH3 is 1. The first-order valence-corrected chi connectivity index (χ1v) is 8.02. The zero-order valence-corrected chi connectivity index (χ0v) is 14.8. The molecule has 0 fully saturated rings. The molecule has 26 heavy (non-hydrogen) atoms. The maximum Gasteiger partial charge on any atom is 0.416 e. The molecule has 0 bridgehead atoms. The quantitative estimate of drug-likeness (QED) is 0.834. The van der Waals surface area contributed by atoms with Gasteiger partial charge in [-0.2, -0.15) is 13.2 Å². The Morgan fingerprint density at radius 3 is 2.19 bits per heavy atom. The smallest absolute Gasteiger partial charge is 0.416 e. The van der Waals surface area contributed by atoms with Crippen molar-refractivity contribution in [1.29, 1.82) is 0 Å². The third kappa shape index (κ3) is 5.23. The number of halogens is 3. The monoisotopic (exact) mass is 366 g/mol. The highest BCUT2D eigenvalue weighted by Gasteiger charge is 2.30. The Morgan fingerprint density at radius 1 is 1.12 bits per heavy atom. The summed E-state index contributed by atoms with van der Waals surface area (Å²) in [5.41, 5.74) is 0.593. The van der Waals surface area contributed by atoms with Crippen LogP contribution in [0.2, 0.25) is 0 Å². The molecule has 1 unspecified atom stereocenters. The number of ether oxygens (including phenoxy) is 1. The van der Waals surface area contributed by atoms with Gasteiger partial charge in [0, 0.05) is 12.2 Å². The summed E-state index contributed by atoms with van der Waals surface area (Å²) in [7, 11) is 3.40. The fraction of sp³-hybridized carbons (Fsp3) is 0.316. The van der Waals surface area contributed by atoms with E-state index in [-0.39, 0.29) is 5.91 Å². The number of anilines is 1. The van der Waals surface area contributed by atoms with Gasteiger partial charge in [-0.05, 0) is 55.9 Å². The van der Waals surface area contributed by atoms with Crippen LogP contribution in [0.5, 0.6) is 5.75 Å². The van der Waals surface area contributed by atoms with Gasteiger partial charge in [-0.15, -0.1) is 0 Å². The molecule has 0 saturated heterocycles. The molecule has 2 aromatic carbocycles. The van der Waals surface area contributed by atoms with Crippen LogP contribution < -0.4 is 10.1 Å². The minimum atomic E-state index is -4.39. The molecule has 1 N–H and O–H groups in total. The third-order valence-electron chi connectivity index (χ3n) is 4.11. The summed E-state index contributed by atoms with van der Waals surface area (Å²) >= 11 is 0. The van der Waals surface area contributed by atoms with Crippen molar-refractivity contribution in [3.63, 3.8) is 0 Å². The number of benzene rings is 2. The number of rotatable bonds is 6. The van der Waals surface area contributed by atoms with E-state index in [1.54, 1.807) is 21.1 Å². The van der Waals surface area contributed by atoms with E-state index >= 15 is 0 Å². The number of carbonyl (C=O) groups is 1. The van der Waals surface area contributed by atoms with Gasteiger partial charge >= 0.3 is 6.18 Å². The molecule has 0 saturated carbocycles. The van der Waals surface area contributed by atoms with Crippen molar-refractivity contribution in [3.8, 4) is 5.75 Å². The van der Waals surface area contributed by atoms with Crippen molar-refractivity contribution in [2.75, 3.05) is 19.5 Å². The SMILES string of the molecule is COc1ccc(CN(C)C(C)C(=O)Nc2ccc(C(F)(F)F)cc2)cc1. The normalized spacial score (nSPS) is 12.7. The lowest BCUT2D eigenvalue weighted by Crippen LogP contribution is -2.39. The molecule has 2 rings (SSSR count). The number of nitrogens with one attached hydrogen (secondary N) is 1. The van der Waals surface area contributed by atoms with Crippen LogP contribution in [0.15, 0.2) is 48.5 Å². The van der Waals surface area contributed by atoms with E-state index in [2.05, 4.69) is 5.32 Å². The van der Waals surface area contributed by atoms with Gasteiger partial charge in [0.1, 0.15) is 5.75 Å². The molecular formula is C19H21F3N2O2. The molecule has 1 atom stereocenters. The summed E-state index contributed by atoms with van der Waals surface area (Å²) in [4.78, 5) is 14.2. The molecular weight excluding hydrogens is 345 g/mol. The van der Waals surface area contributed by atoms with Gasteiger partial charge in [-0.25, -0.2) is 0 Å². The van der Waals surface area contributed by atoms with Crippen LogP contribution in [0.25, 0.3) is 0 Å².